The lowest BCUT2D eigenvalue weighted by Gasteiger charge is -2.15. The van der Waals surface area contributed by atoms with E-state index in [4.69, 9.17) is 16.3 Å². The van der Waals surface area contributed by atoms with E-state index in [1.54, 1.807) is 4.90 Å². The third kappa shape index (κ3) is 2.89. The van der Waals surface area contributed by atoms with Gasteiger partial charge in [-0.1, -0.05) is 18.2 Å². The van der Waals surface area contributed by atoms with Crippen molar-refractivity contribution in [2.45, 2.75) is 11.8 Å². The highest BCUT2D eigenvalue weighted by Gasteiger charge is 2.27. The number of para-hydroxylation sites is 1. The molecule has 3 nitrogen and oxygen atoms in total. The van der Waals surface area contributed by atoms with Gasteiger partial charge in [0.1, 0.15) is 12.4 Å². The second-order valence-corrected chi connectivity index (χ2v) is 4.42. The van der Waals surface area contributed by atoms with Crippen LogP contribution < -0.4 is 4.74 Å². The highest BCUT2D eigenvalue weighted by atomic mass is 35.5. The molecule has 16 heavy (non-hydrogen) atoms. The number of nitrogens with zero attached hydrogens (tertiary/aromatic N) is 1. The number of rotatable bonds is 4. The molecule has 0 saturated carbocycles. The molecule has 1 amide bonds. The number of ether oxygens (including phenoxy) is 1. The molecule has 4 heteroatoms. The first-order chi connectivity index (χ1) is 7.75. The number of carbonyl (C=O) groups is 1. The Morgan fingerprint density at radius 2 is 2.12 bits per heavy atom. The van der Waals surface area contributed by atoms with Gasteiger partial charge in [0.2, 0.25) is 5.91 Å². The number of halogens is 1. The van der Waals surface area contributed by atoms with Crippen molar-refractivity contribution in [1.29, 1.82) is 0 Å². The first kappa shape index (κ1) is 11.3. The Bertz CT molecular complexity index is 355. The summed E-state index contributed by atoms with van der Waals surface area (Å²) in [6, 6.07) is 9.58. The number of benzene rings is 1. The van der Waals surface area contributed by atoms with Crippen molar-refractivity contribution < 1.29 is 9.53 Å². The molecule has 1 aliphatic rings. The van der Waals surface area contributed by atoms with E-state index >= 15 is 0 Å². The van der Waals surface area contributed by atoms with Crippen molar-refractivity contribution >= 4 is 17.5 Å². The molecule has 0 aliphatic carbocycles. The van der Waals surface area contributed by atoms with Crippen molar-refractivity contribution in [3.8, 4) is 5.75 Å². The summed E-state index contributed by atoms with van der Waals surface area (Å²) >= 11 is 5.89. The van der Waals surface area contributed by atoms with Crippen LogP contribution in [0.5, 0.6) is 5.75 Å². The minimum atomic E-state index is -0.0378. The van der Waals surface area contributed by atoms with Crippen LogP contribution in [0.2, 0.25) is 0 Å². The lowest BCUT2D eigenvalue weighted by molar-refractivity contribution is -0.128. The van der Waals surface area contributed by atoms with Crippen LogP contribution in [0.1, 0.15) is 6.42 Å². The molecule has 1 saturated heterocycles. The molecular formula is C12H14ClNO2. The molecule has 0 N–H and O–H groups in total. The smallest absolute Gasteiger partial charge is 0.224 e. The Hall–Kier alpha value is -1.22. The molecule has 1 unspecified atom stereocenters. The molecule has 1 aromatic rings. The van der Waals surface area contributed by atoms with Crippen molar-refractivity contribution in [3.63, 3.8) is 0 Å². The van der Waals surface area contributed by atoms with Crippen LogP contribution in [0, 0.1) is 0 Å². The summed E-state index contributed by atoms with van der Waals surface area (Å²) in [4.78, 5) is 13.2. The number of hydrogen-bond donors (Lipinski definition) is 0. The van der Waals surface area contributed by atoms with E-state index in [1.807, 2.05) is 30.3 Å². The largest absolute Gasteiger partial charge is 0.492 e. The van der Waals surface area contributed by atoms with Crippen LogP contribution in [0.4, 0.5) is 0 Å². The second-order valence-electron chi connectivity index (χ2n) is 3.80. The summed E-state index contributed by atoms with van der Waals surface area (Å²) < 4.78 is 5.51. The van der Waals surface area contributed by atoms with E-state index < -0.39 is 0 Å². The second kappa shape index (κ2) is 5.21. The Labute approximate surface area is 100.0 Å². The molecule has 0 spiro atoms. The van der Waals surface area contributed by atoms with Gasteiger partial charge in [-0.25, -0.2) is 0 Å². The molecule has 86 valence electrons. The van der Waals surface area contributed by atoms with E-state index in [9.17, 15) is 4.79 Å². The van der Waals surface area contributed by atoms with Crippen molar-refractivity contribution in [3.05, 3.63) is 30.3 Å². The fourth-order valence-corrected chi connectivity index (χ4v) is 2.03. The number of carbonyl (C=O) groups excluding carboxylic acids is 1. The minimum absolute atomic E-state index is 0.0378. The van der Waals surface area contributed by atoms with Crippen molar-refractivity contribution in [1.82, 2.24) is 4.90 Å². The molecular weight excluding hydrogens is 226 g/mol. The van der Waals surface area contributed by atoms with Gasteiger partial charge in [-0.15, -0.1) is 11.6 Å². The lowest BCUT2D eigenvalue weighted by Crippen LogP contribution is -2.29. The van der Waals surface area contributed by atoms with Crippen molar-refractivity contribution in [2.24, 2.45) is 0 Å². The van der Waals surface area contributed by atoms with Gasteiger partial charge in [-0.2, -0.15) is 0 Å². The maximum atomic E-state index is 11.4. The van der Waals surface area contributed by atoms with Gasteiger partial charge in [-0.05, 0) is 12.1 Å². The van der Waals surface area contributed by atoms with Gasteiger partial charge >= 0.3 is 0 Å². The zero-order valence-electron chi connectivity index (χ0n) is 8.93. The lowest BCUT2D eigenvalue weighted by atomic mass is 10.3. The molecule has 0 aromatic heterocycles. The van der Waals surface area contributed by atoms with Gasteiger partial charge in [0.15, 0.2) is 0 Å². The van der Waals surface area contributed by atoms with Crippen LogP contribution >= 0.6 is 11.6 Å². The highest BCUT2D eigenvalue weighted by molar-refractivity contribution is 6.22. The van der Waals surface area contributed by atoms with Crippen LogP contribution in [0.15, 0.2) is 30.3 Å². The van der Waals surface area contributed by atoms with Gasteiger partial charge < -0.3 is 9.64 Å². The molecule has 1 heterocycles. The monoisotopic (exact) mass is 239 g/mol. The third-order valence-corrected chi connectivity index (χ3v) is 2.83. The quantitative estimate of drug-likeness (QED) is 0.752. The number of alkyl halides is 1. The maximum absolute atomic E-state index is 11.4. The fraction of sp³-hybridized carbons (Fsp3) is 0.417. The molecule has 1 aromatic carbocycles. The first-order valence-corrected chi connectivity index (χ1v) is 5.79. The summed E-state index contributed by atoms with van der Waals surface area (Å²) in [5.41, 5.74) is 0. The van der Waals surface area contributed by atoms with E-state index in [-0.39, 0.29) is 11.3 Å². The molecule has 1 aliphatic heterocycles. The average Bonchev–Trinajstić information content (AvgIpc) is 2.59. The highest BCUT2D eigenvalue weighted by Crippen LogP contribution is 2.16. The first-order valence-electron chi connectivity index (χ1n) is 5.35. The molecule has 1 atom stereocenters. The molecule has 0 radical (unpaired) electrons. The van der Waals surface area contributed by atoms with Crippen LogP contribution in [0.25, 0.3) is 0 Å². The Balaban J connectivity index is 1.74. The maximum Gasteiger partial charge on any atom is 0.224 e. The summed E-state index contributed by atoms with van der Waals surface area (Å²) in [7, 11) is 0. The summed E-state index contributed by atoms with van der Waals surface area (Å²) in [6.45, 7) is 1.76. The Morgan fingerprint density at radius 3 is 2.75 bits per heavy atom. The van der Waals surface area contributed by atoms with Crippen LogP contribution in [0.3, 0.4) is 0 Å². The van der Waals surface area contributed by atoms with E-state index in [0.717, 1.165) is 5.75 Å². The fourth-order valence-electron chi connectivity index (χ4n) is 1.73. The number of amides is 1. The predicted octanol–water partition coefficient (Wildman–Crippen LogP) is 1.91. The molecule has 1 fully saturated rings. The van der Waals surface area contributed by atoms with Crippen molar-refractivity contribution in [2.75, 3.05) is 19.7 Å². The van der Waals surface area contributed by atoms with Gasteiger partial charge in [0, 0.05) is 13.0 Å². The van der Waals surface area contributed by atoms with Crippen LogP contribution in [-0.2, 0) is 4.79 Å². The number of likely N-dealkylation sites (tertiary alicyclic amines) is 1. The zero-order valence-corrected chi connectivity index (χ0v) is 9.69. The van der Waals surface area contributed by atoms with E-state index in [1.165, 1.54) is 0 Å². The normalized spacial score (nSPS) is 20.2. The standard InChI is InChI=1S/C12H14ClNO2/c13-10-8-12(15)14(9-10)6-7-16-11-4-2-1-3-5-11/h1-5,10H,6-9H2. The predicted molar refractivity (Wildman–Crippen MR) is 62.8 cm³/mol. The van der Waals surface area contributed by atoms with Gasteiger partial charge in [0.05, 0.1) is 11.9 Å². The minimum Gasteiger partial charge on any atom is -0.492 e. The summed E-state index contributed by atoms with van der Waals surface area (Å²) in [5, 5.41) is -0.0378. The topological polar surface area (TPSA) is 29.5 Å². The van der Waals surface area contributed by atoms with Crippen LogP contribution in [-0.4, -0.2) is 35.9 Å². The SMILES string of the molecule is O=C1CC(Cl)CN1CCOc1ccccc1. The number of hydrogen-bond acceptors (Lipinski definition) is 2. The van der Waals surface area contributed by atoms with E-state index in [2.05, 4.69) is 0 Å². The third-order valence-electron chi connectivity index (χ3n) is 2.54. The van der Waals surface area contributed by atoms with Gasteiger partial charge in [-0.3, -0.25) is 4.79 Å². The Kier molecular flexibility index (Phi) is 3.67. The Morgan fingerprint density at radius 1 is 1.38 bits per heavy atom. The zero-order chi connectivity index (χ0) is 11.4. The average molecular weight is 240 g/mol. The molecule has 0 bridgehead atoms. The summed E-state index contributed by atoms with van der Waals surface area (Å²) in [6.07, 6.45) is 0.451. The molecule has 2 rings (SSSR count). The summed E-state index contributed by atoms with van der Waals surface area (Å²) in [5.74, 6) is 0.952. The van der Waals surface area contributed by atoms with E-state index in [0.29, 0.717) is 26.1 Å². The van der Waals surface area contributed by atoms with Gasteiger partial charge in [0.25, 0.3) is 0 Å².